The van der Waals surface area contributed by atoms with E-state index in [2.05, 4.69) is 20.9 Å². The lowest BCUT2D eigenvalue weighted by molar-refractivity contribution is 0.0146. The third-order valence-corrected chi connectivity index (χ3v) is 3.90. The summed E-state index contributed by atoms with van der Waals surface area (Å²) in [5.41, 5.74) is 0.450. The Balaban J connectivity index is 2.03. The van der Waals surface area contributed by atoms with E-state index in [1.165, 1.54) is 0 Å². The number of rotatable bonds is 3. The van der Waals surface area contributed by atoms with E-state index in [-0.39, 0.29) is 17.2 Å². The minimum Gasteiger partial charge on any atom is -0.378 e. The Hall–Kier alpha value is -0.650. The van der Waals surface area contributed by atoms with Gasteiger partial charge < -0.3 is 9.64 Å². The van der Waals surface area contributed by atoms with Gasteiger partial charge in [-0.25, -0.2) is 4.98 Å². The first-order valence-corrected chi connectivity index (χ1v) is 7.50. The van der Waals surface area contributed by atoms with Crippen LogP contribution in [0.2, 0.25) is 5.15 Å². The maximum atomic E-state index is 12.4. The number of carbonyl (C=O) groups excluding carboxylic acids is 1. The van der Waals surface area contributed by atoms with Crippen molar-refractivity contribution in [3.8, 4) is 0 Å². The summed E-state index contributed by atoms with van der Waals surface area (Å²) in [6.45, 7) is 4.11. The maximum absolute atomic E-state index is 12.4. The fourth-order valence-electron chi connectivity index (χ4n) is 2.20. The van der Waals surface area contributed by atoms with Crippen LogP contribution in [0.4, 0.5) is 0 Å². The van der Waals surface area contributed by atoms with Crippen LogP contribution >= 0.6 is 27.5 Å². The highest BCUT2D eigenvalue weighted by Crippen LogP contribution is 2.22. The van der Waals surface area contributed by atoms with E-state index in [4.69, 9.17) is 16.3 Å². The monoisotopic (exact) mass is 346 g/mol. The van der Waals surface area contributed by atoms with Crippen LogP contribution in [0.3, 0.4) is 0 Å². The van der Waals surface area contributed by atoms with Gasteiger partial charge in [-0.3, -0.25) is 4.79 Å². The van der Waals surface area contributed by atoms with Gasteiger partial charge in [0.25, 0.3) is 5.91 Å². The Morgan fingerprint density at radius 1 is 1.58 bits per heavy atom. The normalized spacial score (nSPS) is 16.7. The average molecular weight is 348 g/mol. The van der Waals surface area contributed by atoms with Crippen LogP contribution in [-0.4, -0.2) is 41.6 Å². The second kappa shape index (κ2) is 6.68. The van der Waals surface area contributed by atoms with Crippen LogP contribution in [0, 0.1) is 0 Å². The van der Waals surface area contributed by atoms with E-state index in [9.17, 15) is 4.79 Å². The number of ether oxygens (including phenoxy) is 1. The van der Waals surface area contributed by atoms with Gasteiger partial charge in [0.2, 0.25) is 0 Å². The first-order valence-electron chi connectivity index (χ1n) is 6.33. The van der Waals surface area contributed by atoms with Crippen molar-refractivity contribution in [2.75, 3.05) is 19.7 Å². The third-order valence-electron chi connectivity index (χ3n) is 3.17. The molecular formula is C13H16BrClN2O2. The molecule has 1 aromatic heterocycles. The Bertz CT molecular complexity index is 462. The van der Waals surface area contributed by atoms with Crippen LogP contribution in [0.1, 0.15) is 30.1 Å². The predicted octanol–water partition coefficient (Wildman–Crippen LogP) is 3.14. The van der Waals surface area contributed by atoms with Crippen molar-refractivity contribution in [1.29, 1.82) is 0 Å². The van der Waals surface area contributed by atoms with Crippen molar-refractivity contribution in [1.82, 2.24) is 9.88 Å². The maximum Gasteiger partial charge on any atom is 0.257 e. The molecule has 2 heterocycles. The predicted molar refractivity (Wildman–Crippen MR) is 77.5 cm³/mol. The molecule has 104 valence electrons. The largest absolute Gasteiger partial charge is 0.378 e. The molecule has 0 bridgehead atoms. The Morgan fingerprint density at radius 3 is 2.89 bits per heavy atom. The Kier molecular flexibility index (Phi) is 5.19. The SMILES string of the molecule is CCOC1CCN(C(=O)c2cc(Br)cnc2Cl)CC1. The Labute approximate surface area is 126 Å². The highest BCUT2D eigenvalue weighted by Gasteiger charge is 2.25. The van der Waals surface area contributed by atoms with E-state index in [0.29, 0.717) is 18.7 Å². The summed E-state index contributed by atoms with van der Waals surface area (Å²) in [6.07, 6.45) is 3.60. The summed E-state index contributed by atoms with van der Waals surface area (Å²) < 4.78 is 6.33. The highest BCUT2D eigenvalue weighted by atomic mass is 79.9. The molecule has 1 amide bonds. The molecule has 1 aliphatic heterocycles. The van der Waals surface area contributed by atoms with E-state index in [1.807, 2.05) is 11.8 Å². The molecule has 0 N–H and O–H groups in total. The second-order valence-corrected chi connectivity index (χ2v) is 5.71. The lowest BCUT2D eigenvalue weighted by Gasteiger charge is -2.31. The van der Waals surface area contributed by atoms with Gasteiger partial charge in [-0.1, -0.05) is 11.6 Å². The van der Waals surface area contributed by atoms with Crippen LogP contribution < -0.4 is 0 Å². The van der Waals surface area contributed by atoms with E-state index in [1.54, 1.807) is 12.3 Å². The van der Waals surface area contributed by atoms with Crippen molar-refractivity contribution in [2.45, 2.75) is 25.9 Å². The number of amides is 1. The lowest BCUT2D eigenvalue weighted by atomic mass is 10.1. The van der Waals surface area contributed by atoms with Crippen molar-refractivity contribution < 1.29 is 9.53 Å². The number of nitrogens with zero attached hydrogens (tertiary/aromatic N) is 2. The van der Waals surface area contributed by atoms with Crippen LogP contribution in [0.15, 0.2) is 16.7 Å². The molecule has 1 saturated heterocycles. The van der Waals surface area contributed by atoms with Gasteiger partial charge in [-0.2, -0.15) is 0 Å². The van der Waals surface area contributed by atoms with Crippen molar-refractivity contribution in [3.63, 3.8) is 0 Å². The van der Waals surface area contributed by atoms with Crippen molar-refractivity contribution in [2.24, 2.45) is 0 Å². The van der Waals surface area contributed by atoms with Crippen molar-refractivity contribution >= 4 is 33.4 Å². The van der Waals surface area contributed by atoms with E-state index in [0.717, 1.165) is 23.9 Å². The van der Waals surface area contributed by atoms with Gasteiger partial charge in [-0.15, -0.1) is 0 Å². The van der Waals surface area contributed by atoms with Gasteiger partial charge >= 0.3 is 0 Å². The van der Waals surface area contributed by atoms with Crippen LogP contribution in [0.5, 0.6) is 0 Å². The fraction of sp³-hybridized carbons (Fsp3) is 0.538. The number of hydrogen-bond donors (Lipinski definition) is 0. The summed E-state index contributed by atoms with van der Waals surface area (Å²) in [5, 5.41) is 0.250. The minimum atomic E-state index is -0.0613. The summed E-state index contributed by atoms with van der Waals surface area (Å²) in [6, 6.07) is 1.71. The highest BCUT2D eigenvalue weighted by molar-refractivity contribution is 9.10. The number of hydrogen-bond acceptors (Lipinski definition) is 3. The molecule has 0 aliphatic carbocycles. The zero-order valence-corrected chi connectivity index (χ0v) is 13.1. The fourth-order valence-corrected chi connectivity index (χ4v) is 2.72. The van der Waals surface area contributed by atoms with Crippen molar-refractivity contribution in [3.05, 3.63) is 27.5 Å². The number of piperidine rings is 1. The van der Waals surface area contributed by atoms with Crippen LogP contribution in [-0.2, 0) is 4.74 Å². The topological polar surface area (TPSA) is 42.4 Å². The molecule has 4 nitrogen and oxygen atoms in total. The number of aromatic nitrogens is 1. The quantitative estimate of drug-likeness (QED) is 0.789. The summed E-state index contributed by atoms with van der Waals surface area (Å²) in [5.74, 6) is -0.0613. The molecule has 0 atom stereocenters. The number of halogens is 2. The Morgan fingerprint density at radius 2 is 2.26 bits per heavy atom. The molecule has 0 radical (unpaired) electrons. The number of pyridine rings is 1. The molecule has 1 aromatic rings. The second-order valence-electron chi connectivity index (χ2n) is 4.44. The van der Waals surface area contributed by atoms with Gasteiger partial charge in [0.15, 0.2) is 0 Å². The molecule has 1 aliphatic rings. The molecule has 19 heavy (non-hydrogen) atoms. The molecule has 0 aromatic carbocycles. The third kappa shape index (κ3) is 3.68. The van der Waals surface area contributed by atoms with Gasteiger partial charge in [-0.05, 0) is 41.8 Å². The summed E-state index contributed by atoms with van der Waals surface area (Å²) in [7, 11) is 0. The van der Waals surface area contributed by atoms with E-state index < -0.39 is 0 Å². The number of likely N-dealkylation sites (tertiary alicyclic amines) is 1. The molecule has 1 fully saturated rings. The smallest absolute Gasteiger partial charge is 0.257 e. The standard InChI is InChI=1S/C13H16BrClN2O2/c1-2-19-10-3-5-17(6-4-10)13(18)11-7-9(14)8-16-12(11)15/h7-8,10H,2-6H2,1H3. The average Bonchev–Trinajstić information content (AvgIpc) is 2.42. The molecule has 2 rings (SSSR count). The molecular weight excluding hydrogens is 332 g/mol. The van der Waals surface area contributed by atoms with Gasteiger partial charge in [0.1, 0.15) is 5.15 Å². The zero-order valence-electron chi connectivity index (χ0n) is 10.7. The molecule has 6 heteroatoms. The minimum absolute atomic E-state index is 0.0613. The van der Waals surface area contributed by atoms with Crippen LogP contribution in [0.25, 0.3) is 0 Å². The first kappa shape index (κ1) is 14.8. The first-order chi connectivity index (χ1) is 9.11. The number of carbonyl (C=O) groups is 1. The lowest BCUT2D eigenvalue weighted by Crippen LogP contribution is -2.41. The van der Waals surface area contributed by atoms with E-state index >= 15 is 0 Å². The zero-order chi connectivity index (χ0) is 13.8. The molecule has 0 spiro atoms. The van der Waals surface area contributed by atoms with Gasteiger partial charge in [0, 0.05) is 30.4 Å². The summed E-state index contributed by atoms with van der Waals surface area (Å²) in [4.78, 5) is 18.2. The summed E-state index contributed by atoms with van der Waals surface area (Å²) >= 11 is 9.29. The molecule has 0 saturated carbocycles. The van der Waals surface area contributed by atoms with Gasteiger partial charge in [0.05, 0.1) is 11.7 Å². The molecule has 0 unspecified atom stereocenters.